The molecule has 0 aliphatic carbocycles. The van der Waals surface area contributed by atoms with Crippen LogP contribution in [0.15, 0.2) is 0 Å². The molecule has 0 aromatic rings. The van der Waals surface area contributed by atoms with Crippen molar-refractivity contribution < 1.29 is 9.84 Å². The minimum absolute atomic E-state index is 0.298. The molecule has 0 saturated carbocycles. The molecule has 110 valence electrons. The van der Waals surface area contributed by atoms with Crippen molar-refractivity contribution in [2.45, 2.75) is 84.7 Å². The van der Waals surface area contributed by atoms with Crippen molar-refractivity contribution in [1.82, 2.24) is 4.90 Å². The Balaban J connectivity index is 3.49. The topological polar surface area (TPSA) is 32.7 Å². The van der Waals surface area contributed by atoms with E-state index in [0.717, 1.165) is 13.0 Å². The minimum Gasteiger partial charge on any atom is -0.356 e. The Bertz CT molecular complexity index is 189. The summed E-state index contributed by atoms with van der Waals surface area (Å²) in [6, 6.07) is 0. The molecule has 0 aliphatic heterocycles. The van der Waals surface area contributed by atoms with E-state index in [1.54, 1.807) is 0 Å². The Kier molecular flexibility index (Phi) is 9.70. The molecule has 0 aromatic heterocycles. The summed E-state index contributed by atoms with van der Waals surface area (Å²) < 4.78 is 5.49. The lowest BCUT2D eigenvalue weighted by atomic mass is 10.1. The number of hydrogen-bond donors (Lipinski definition) is 1. The minimum atomic E-state index is -0.787. The van der Waals surface area contributed by atoms with E-state index in [4.69, 9.17) is 4.74 Å². The molecule has 0 fully saturated rings. The summed E-state index contributed by atoms with van der Waals surface area (Å²) in [6.45, 7) is 9.00. The van der Waals surface area contributed by atoms with Gasteiger partial charge in [0.25, 0.3) is 0 Å². The Hall–Kier alpha value is -0.120. The third-order valence-electron chi connectivity index (χ3n) is 2.95. The highest BCUT2D eigenvalue weighted by atomic mass is 16.6. The van der Waals surface area contributed by atoms with Crippen LogP contribution in [-0.4, -0.2) is 35.6 Å². The monoisotopic (exact) mass is 259 g/mol. The number of aliphatic hydroxyl groups is 1. The van der Waals surface area contributed by atoms with Gasteiger partial charge in [0, 0.05) is 6.54 Å². The standard InChI is InChI=1S/C15H33NO2/c1-6-7-8-9-10-11-12-13-16(5)14(17)18-15(2,3)4/h14,17H,6-13H2,1-5H3. The van der Waals surface area contributed by atoms with Crippen molar-refractivity contribution in [3.63, 3.8) is 0 Å². The third-order valence-corrected chi connectivity index (χ3v) is 2.95. The highest BCUT2D eigenvalue weighted by molar-refractivity contribution is 4.60. The molecule has 18 heavy (non-hydrogen) atoms. The van der Waals surface area contributed by atoms with Gasteiger partial charge in [-0.2, -0.15) is 0 Å². The maximum Gasteiger partial charge on any atom is 0.216 e. The highest BCUT2D eigenvalue weighted by Gasteiger charge is 2.19. The number of rotatable bonds is 10. The van der Waals surface area contributed by atoms with E-state index < -0.39 is 6.41 Å². The van der Waals surface area contributed by atoms with Crippen LogP contribution in [0.3, 0.4) is 0 Å². The summed E-state index contributed by atoms with van der Waals surface area (Å²) in [4.78, 5) is 1.87. The summed E-state index contributed by atoms with van der Waals surface area (Å²) in [5, 5.41) is 9.83. The summed E-state index contributed by atoms with van der Waals surface area (Å²) in [5.74, 6) is 0. The average molecular weight is 259 g/mol. The lowest BCUT2D eigenvalue weighted by Crippen LogP contribution is -2.39. The smallest absolute Gasteiger partial charge is 0.216 e. The lowest BCUT2D eigenvalue weighted by molar-refractivity contribution is -0.232. The largest absolute Gasteiger partial charge is 0.356 e. The Morgan fingerprint density at radius 2 is 1.50 bits per heavy atom. The molecule has 0 amide bonds. The number of unbranched alkanes of at least 4 members (excludes halogenated alkanes) is 6. The van der Waals surface area contributed by atoms with Crippen LogP contribution in [0, 0.1) is 0 Å². The molecule has 0 rings (SSSR count). The Morgan fingerprint density at radius 3 is 2.00 bits per heavy atom. The van der Waals surface area contributed by atoms with Gasteiger partial charge in [0.1, 0.15) is 0 Å². The zero-order valence-corrected chi connectivity index (χ0v) is 13.0. The van der Waals surface area contributed by atoms with Gasteiger partial charge in [-0.1, -0.05) is 45.4 Å². The van der Waals surface area contributed by atoms with Crippen LogP contribution in [-0.2, 0) is 4.74 Å². The number of nitrogens with zero attached hydrogens (tertiary/aromatic N) is 1. The van der Waals surface area contributed by atoms with E-state index in [2.05, 4.69) is 6.92 Å². The molecular weight excluding hydrogens is 226 g/mol. The van der Waals surface area contributed by atoms with Gasteiger partial charge in [-0.15, -0.1) is 0 Å². The molecule has 0 spiro atoms. The molecule has 0 saturated heterocycles. The SMILES string of the molecule is CCCCCCCCCN(C)C(O)OC(C)(C)C. The molecule has 1 N–H and O–H groups in total. The normalized spacial score (nSPS) is 14.2. The van der Waals surface area contributed by atoms with Crippen LogP contribution in [0.2, 0.25) is 0 Å². The molecular formula is C15H33NO2. The van der Waals surface area contributed by atoms with Crippen LogP contribution in [0.25, 0.3) is 0 Å². The second-order valence-corrected chi connectivity index (χ2v) is 6.16. The van der Waals surface area contributed by atoms with Crippen LogP contribution in [0.1, 0.15) is 72.6 Å². The zero-order valence-electron chi connectivity index (χ0n) is 13.0. The van der Waals surface area contributed by atoms with Crippen molar-refractivity contribution in [2.75, 3.05) is 13.6 Å². The number of aliphatic hydroxyl groups excluding tert-OH is 1. The van der Waals surface area contributed by atoms with E-state index >= 15 is 0 Å². The highest BCUT2D eigenvalue weighted by Crippen LogP contribution is 2.12. The van der Waals surface area contributed by atoms with Crippen LogP contribution < -0.4 is 0 Å². The van der Waals surface area contributed by atoms with Crippen molar-refractivity contribution >= 4 is 0 Å². The van der Waals surface area contributed by atoms with Crippen LogP contribution >= 0.6 is 0 Å². The van der Waals surface area contributed by atoms with Crippen molar-refractivity contribution in [1.29, 1.82) is 0 Å². The number of hydrogen-bond acceptors (Lipinski definition) is 3. The zero-order chi connectivity index (χ0) is 14.0. The van der Waals surface area contributed by atoms with Gasteiger partial charge in [-0.05, 0) is 34.2 Å². The molecule has 3 nitrogen and oxygen atoms in total. The van der Waals surface area contributed by atoms with E-state index in [0.29, 0.717) is 0 Å². The van der Waals surface area contributed by atoms with Gasteiger partial charge in [0.05, 0.1) is 5.60 Å². The summed E-state index contributed by atoms with van der Waals surface area (Å²) >= 11 is 0. The maximum absolute atomic E-state index is 9.83. The molecule has 3 heteroatoms. The summed E-state index contributed by atoms with van der Waals surface area (Å²) in [6.07, 6.45) is 8.27. The van der Waals surface area contributed by atoms with Gasteiger partial charge in [0.2, 0.25) is 6.41 Å². The molecule has 1 unspecified atom stereocenters. The van der Waals surface area contributed by atoms with Crippen LogP contribution in [0.5, 0.6) is 0 Å². The fourth-order valence-corrected chi connectivity index (χ4v) is 1.83. The fourth-order valence-electron chi connectivity index (χ4n) is 1.83. The first-order chi connectivity index (χ1) is 8.37. The van der Waals surface area contributed by atoms with E-state index in [9.17, 15) is 5.11 Å². The van der Waals surface area contributed by atoms with Gasteiger partial charge < -0.3 is 9.84 Å². The van der Waals surface area contributed by atoms with Gasteiger partial charge >= 0.3 is 0 Å². The van der Waals surface area contributed by atoms with E-state index in [1.807, 2.05) is 32.7 Å². The summed E-state index contributed by atoms with van der Waals surface area (Å²) in [7, 11) is 1.91. The van der Waals surface area contributed by atoms with Gasteiger partial charge in [0.15, 0.2) is 0 Å². The van der Waals surface area contributed by atoms with Gasteiger partial charge in [-0.3, -0.25) is 4.90 Å². The van der Waals surface area contributed by atoms with Gasteiger partial charge in [-0.25, -0.2) is 0 Å². The van der Waals surface area contributed by atoms with Crippen LogP contribution in [0.4, 0.5) is 0 Å². The quantitative estimate of drug-likeness (QED) is 0.479. The third kappa shape index (κ3) is 11.0. The first-order valence-electron chi connectivity index (χ1n) is 7.43. The second kappa shape index (κ2) is 9.76. The lowest BCUT2D eigenvalue weighted by Gasteiger charge is -2.29. The molecule has 0 bridgehead atoms. The molecule has 0 heterocycles. The average Bonchev–Trinajstić information content (AvgIpc) is 2.25. The summed E-state index contributed by atoms with van der Waals surface area (Å²) in [5.41, 5.74) is -0.298. The molecule has 1 atom stereocenters. The van der Waals surface area contributed by atoms with Crippen molar-refractivity contribution in [3.05, 3.63) is 0 Å². The Labute approximate surface area is 114 Å². The second-order valence-electron chi connectivity index (χ2n) is 6.16. The molecule has 0 aromatic carbocycles. The predicted octanol–water partition coefficient (Wildman–Crippen LogP) is 3.76. The predicted molar refractivity (Wildman–Crippen MR) is 77.5 cm³/mol. The fraction of sp³-hybridized carbons (Fsp3) is 1.00. The van der Waals surface area contributed by atoms with Crippen molar-refractivity contribution in [2.24, 2.45) is 0 Å². The molecule has 0 aliphatic rings. The van der Waals surface area contributed by atoms with Crippen molar-refractivity contribution in [3.8, 4) is 0 Å². The van der Waals surface area contributed by atoms with E-state index in [1.165, 1.54) is 38.5 Å². The molecule has 0 radical (unpaired) electrons. The first-order valence-corrected chi connectivity index (χ1v) is 7.43. The maximum atomic E-state index is 9.83. The Morgan fingerprint density at radius 1 is 1.00 bits per heavy atom. The number of ether oxygens (including phenoxy) is 1. The van der Waals surface area contributed by atoms with E-state index in [-0.39, 0.29) is 5.60 Å². The first kappa shape index (κ1) is 17.9.